The highest BCUT2D eigenvalue weighted by atomic mass is 32.2. The summed E-state index contributed by atoms with van der Waals surface area (Å²) in [5, 5.41) is 3.26. The van der Waals surface area contributed by atoms with Gasteiger partial charge in [0, 0.05) is 43.6 Å². The maximum Gasteiger partial charge on any atom is 0.223 e. The first kappa shape index (κ1) is 11.9. The monoisotopic (exact) mass is 216 g/mol. The van der Waals surface area contributed by atoms with E-state index in [2.05, 4.69) is 19.2 Å². The molecule has 0 aliphatic carbocycles. The van der Waals surface area contributed by atoms with E-state index in [0.717, 1.165) is 31.1 Å². The van der Waals surface area contributed by atoms with Crippen molar-refractivity contribution in [3.8, 4) is 0 Å². The predicted molar refractivity (Wildman–Crippen MR) is 61.7 cm³/mol. The van der Waals surface area contributed by atoms with Crippen LogP contribution in [0.4, 0.5) is 0 Å². The number of carbonyl (C=O) groups is 1. The van der Waals surface area contributed by atoms with Crippen molar-refractivity contribution in [2.24, 2.45) is 0 Å². The first-order valence-corrected chi connectivity index (χ1v) is 6.44. The van der Waals surface area contributed by atoms with Crippen LogP contribution in [0.3, 0.4) is 0 Å². The van der Waals surface area contributed by atoms with Crippen LogP contribution in [0.15, 0.2) is 0 Å². The number of hydrogen-bond acceptors (Lipinski definition) is 3. The topological polar surface area (TPSA) is 32.3 Å². The zero-order valence-electron chi connectivity index (χ0n) is 9.08. The van der Waals surface area contributed by atoms with Gasteiger partial charge in [0.2, 0.25) is 5.91 Å². The molecular formula is C10H20N2OS. The van der Waals surface area contributed by atoms with Gasteiger partial charge in [0.15, 0.2) is 0 Å². The number of hydrogen-bond donors (Lipinski definition) is 1. The van der Waals surface area contributed by atoms with E-state index in [-0.39, 0.29) is 0 Å². The Morgan fingerprint density at radius 3 is 2.64 bits per heavy atom. The number of rotatable bonds is 4. The van der Waals surface area contributed by atoms with Crippen LogP contribution >= 0.6 is 11.8 Å². The number of amides is 1. The summed E-state index contributed by atoms with van der Waals surface area (Å²) in [6.45, 7) is 6.88. The van der Waals surface area contributed by atoms with Gasteiger partial charge in [-0.25, -0.2) is 0 Å². The smallest absolute Gasteiger partial charge is 0.223 e. The largest absolute Gasteiger partial charge is 0.341 e. The van der Waals surface area contributed by atoms with Gasteiger partial charge in [-0.2, -0.15) is 11.8 Å². The molecule has 3 nitrogen and oxygen atoms in total. The van der Waals surface area contributed by atoms with Gasteiger partial charge in [-0.05, 0) is 0 Å². The van der Waals surface area contributed by atoms with Crippen molar-refractivity contribution in [3.63, 3.8) is 0 Å². The molecule has 1 heterocycles. The van der Waals surface area contributed by atoms with Gasteiger partial charge in [0.25, 0.3) is 0 Å². The Morgan fingerprint density at radius 2 is 2.07 bits per heavy atom. The summed E-state index contributed by atoms with van der Waals surface area (Å²) in [5.74, 6) is 2.51. The molecular weight excluding hydrogens is 196 g/mol. The van der Waals surface area contributed by atoms with Gasteiger partial charge in [0.05, 0.1) is 0 Å². The number of nitrogens with one attached hydrogen (secondary N) is 1. The van der Waals surface area contributed by atoms with E-state index in [4.69, 9.17) is 0 Å². The van der Waals surface area contributed by atoms with Crippen molar-refractivity contribution < 1.29 is 4.79 Å². The molecule has 0 aromatic carbocycles. The zero-order valence-corrected chi connectivity index (χ0v) is 9.90. The first-order chi connectivity index (χ1) is 6.70. The van der Waals surface area contributed by atoms with E-state index in [1.165, 1.54) is 0 Å². The van der Waals surface area contributed by atoms with Gasteiger partial charge < -0.3 is 10.2 Å². The summed E-state index contributed by atoms with van der Waals surface area (Å²) >= 11 is 1.94. The highest BCUT2D eigenvalue weighted by molar-refractivity contribution is 7.99. The lowest BCUT2D eigenvalue weighted by Gasteiger charge is -2.26. The van der Waals surface area contributed by atoms with Crippen LogP contribution in [0.2, 0.25) is 0 Å². The van der Waals surface area contributed by atoms with Gasteiger partial charge in [-0.15, -0.1) is 0 Å². The molecule has 0 aromatic heterocycles. The average molecular weight is 216 g/mol. The Labute approximate surface area is 90.6 Å². The second-order valence-corrected chi connectivity index (χ2v) is 5.08. The van der Waals surface area contributed by atoms with Crippen LogP contribution in [0.1, 0.15) is 20.3 Å². The molecule has 0 saturated carbocycles. The SMILES string of the molecule is CC(C)NCCC(=O)N1CCSCC1. The molecule has 0 aromatic rings. The van der Waals surface area contributed by atoms with E-state index in [1.807, 2.05) is 16.7 Å². The Hall–Kier alpha value is -0.220. The lowest BCUT2D eigenvalue weighted by Crippen LogP contribution is -2.39. The van der Waals surface area contributed by atoms with Crippen molar-refractivity contribution in [2.75, 3.05) is 31.1 Å². The highest BCUT2D eigenvalue weighted by Gasteiger charge is 2.15. The molecule has 14 heavy (non-hydrogen) atoms. The Bertz CT molecular complexity index is 179. The zero-order chi connectivity index (χ0) is 10.4. The van der Waals surface area contributed by atoms with Crippen LogP contribution in [0.25, 0.3) is 0 Å². The second kappa shape index (κ2) is 6.30. The Balaban J connectivity index is 2.13. The van der Waals surface area contributed by atoms with Gasteiger partial charge in [-0.1, -0.05) is 13.8 Å². The molecule has 1 N–H and O–H groups in total. The van der Waals surface area contributed by atoms with Gasteiger partial charge in [-0.3, -0.25) is 4.79 Å². The quantitative estimate of drug-likeness (QED) is 0.759. The minimum Gasteiger partial charge on any atom is -0.341 e. The molecule has 0 radical (unpaired) electrons. The molecule has 0 atom stereocenters. The van der Waals surface area contributed by atoms with Crippen molar-refractivity contribution in [2.45, 2.75) is 26.3 Å². The van der Waals surface area contributed by atoms with Gasteiger partial charge >= 0.3 is 0 Å². The number of thioether (sulfide) groups is 1. The maximum absolute atomic E-state index is 11.7. The molecule has 82 valence electrons. The van der Waals surface area contributed by atoms with Crippen LogP contribution in [-0.2, 0) is 4.79 Å². The summed E-state index contributed by atoms with van der Waals surface area (Å²) in [6.07, 6.45) is 0.642. The molecule has 1 aliphatic heterocycles. The second-order valence-electron chi connectivity index (χ2n) is 3.85. The molecule has 1 amide bonds. The molecule has 4 heteroatoms. The summed E-state index contributed by atoms with van der Waals surface area (Å²) in [5.41, 5.74) is 0. The molecule has 1 rings (SSSR count). The fourth-order valence-electron chi connectivity index (χ4n) is 1.44. The summed E-state index contributed by atoms with van der Waals surface area (Å²) in [4.78, 5) is 13.6. The van der Waals surface area contributed by atoms with Crippen molar-refractivity contribution in [1.29, 1.82) is 0 Å². The van der Waals surface area contributed by atoms with Crippen LogP contribution in [0, 0.1) is 0 Å². The van der Waals surface area contributed by atoms with Crippen LogP contribution < -0.4 is 5.32 Å². The molecule has 1 fully saturated rings. The lowest BCUT2D eigenvalue weighted by molar-refractivity contribution is -0.130. The van der Waals surface area contributed by atoms with E-state index < -0.39 is 0 Å². The molecule has 1 saturated heterocycles. The Kier molecular flexibility index (Phi) is 5.33. The third-order valence-electron chi connectivity index (χ3n) is 2.26. The molecule has 0 bridgehead atoms. The summed E-state index contributed by atoms with van der Waals surface area (Å²) in [7, 11) is 0. The summed E-state index contributed by atoms with van der Waals surface area (Å²) in [6, 6.07) is 0.472. The van der Waals surface area contributed by atoms with Gasteiger partial charge in [0.1, 0.15) is 0 Å². The van der Waals surface area contributed by atoms with E-state index >= 15 is 0 Å². The number of nitrogens with zero attached hydrogens (tertiary/aromatic N) is 1. The fourth-order valence-corrected chi connectivity index (χ4v) is 2.34. The summed E-state index contributed by atoms with van der Waals surface area (Å²) < 4.78 is 0. The number of carbonyl (C=O) groups excluding carboxylic acids is 1. The van der Waals surface area contributed by atoms with Crippen LogP contribution in [0.5, 0.6) is 0 Å². The Morgan fingerprint density at radius 1 is 1.43 bits per heavy atom. The minimum absolute atomic E-state index is 0.304. The maximum atomic E-state index is 11.7. The van der Waals surface area contributed by atoms with Crippen molar-refractivity contribution in [3.05, 3.63) is 0 Å². The van der Waals surface area contributed by atoms with E-state index in [0.29, 0.717) is 18.4 Å². The third kappa shape index (κ3) is 4.33. The first-order valence-electron chi connectivity index (χ1n) is 5.29. The molecule has 1 aliphatic rings. The van der Waals surface area contributed by atoms with Crippen molar-refractivity contribution >= 4 is 17.7 Å². The van der Waals surface area contributed by atoms with Crippen molar-refractivity contribution in [1.82, 2.24) is 10.2 Å². The predicted octanol–water partition coefficient (Wildman–Crippen LogP) is 0.950. The normalized spacial score (nSPS) is 17.5. The van der Waals surface area contributed by atoms with E-state index in [1.54, 1.807) is 0 Å². The lowest BCUT2D eigenvalue weighted by atomic mass is 10.3. The van der Waals surface area contributed by atoms with E-state index in [9.17, 15) is 4.79 Å². The third-order valence-corrected chi connectivity index (χ3v) is 3.20. The van der Waals surface area contributed by atoms with Crippen LogP contribution in [-0.4, -0.2) is 48.0 Å². The highest BCUT2D eigenvalue weighted by Crippen LogP contribution is 2.09. The molecule has 0 unspecified atom stereocenters. The molecule has 0 spiro atoms. The average Bonchev–Trinajstić information content (AvgIpc) is 2.18. The fraction of sp³-hybridized carbons (Fsp3) is 0.900. The standard InChI is InChI=1S/C10H20N2OS/c1-9(2)11-4-3-10(13)12-5-7-14-8-6-12/h9,11H,3-8H2,1-2H3. The minimum atomic E-state index is 0.304.